The molecule has 0 radical (unpaired) electrons. The number of fused-ring (bicyclic) bond motifs is 1. The molecule has 2 rings (SSSR count). The van der Waals surface area contributed by atoms with Crippen LogP contribution in [0.4, 0.5) is 0 Å². The van der Waals surface area contributed by atoms with Gasteiger partial charge in [0.1, 0.15) is 0 Å². The second-order valence-electron chi connectivity index (χ2n) is 4.24. The van der Waals surface area contributed by atoms with Crippen molar-refractivity contribution < 1.29 is 9.53 Å². The molecular formula is C15H15N3O2S. The van der Waals surface area contributed by atoms with E-state index in [1.165, 1.54) is 6.21 Å². The van der Waals surface area contributed by atoms with Crippen molar-refractivity contribution in [3.8, 4) is 6.07 Å². The van der Waals surface area contributed by atoms with E-state index in [2.05, 4.69) is 9.98 Å². The molecule has 21 heavy (non-hydrogen) atoms. The van der Waals surface area contributed by atoms with Crippen molar-refractivity contribution >= 4 is 33.7 Å². The highest BCUT2D eigenvalue weighted by molar-refractivity contribution is 7.18. The van der Waals surface area contributed by atoms with Gasteiger partial charge in [-0.15, -0.1) is 11.3 Å². The number of benzene rings is 1. The Morgan fingerprint density at radius 3 is 3.10 bits per heavy atom. The van der Waals surface area contributed by atoms with Gasteiger partial charge in [0.25, 0.3) is 0 Å². The standard InChI is InChI=1S/C15H15N3O2S/c1-2-20-15(19)11(9-16)10-17-8-7-14-18-12-5-3-4-6-13(12)21-14/h3-6,10-11H,2,7-8H2,1H3/t11-/m0/s1. The molecule has 0 saturated heterocycles. The molecule has 0 fully saturated rings. The number of hydrogen-bond donors (Lipinski definition) is 0. The Labute approximate surface area is 126 Å². The van der Waals surface area contributed by atoms with Crippen LogP contribution in [-0.4, -0.2) is 30.3 Å². The Kier molecular flexibility index (Phi) is 5.41. The van der Waals surface area contributed by atoms with Crippen molar-refractivity contribution in [3.05, 3.63) is 29.3 Å². The minimum absolute atomic E-state index is 0.260. The van der Waals surface area contributed by atoms with Crippen LogP contribution in [0.3, 0.4) is 0 Å². The first-order valence-corrected chi connectivity index (χ1v) is 7.47. The van der Waals surface area contributed by atoms with Crippen molar-refractivity contribution in [2.75, 3.05) is 13.2 Å². The zero-order valence-electron chi connectivity index (χ0n) is 11.7. The monoisotopic (exact) mass is 301 g/mol. The number of carbonyl (C=O) groups excluding carboxylic acids is 1. The predicted molar refractivity (Wildman–Crippen MR) is 82.4 cm³/mol. The molecular weight excluding hydrogens is 286 g/mol. The maximum atomic E-state index is 11.4. The number of esters is 1. The molecule has 0 N–H and O–H groups in total. The van der Waals surface area contributed by atoms with Gasteiger partial charge in [0, 0.05) is 19.2 Å². The highest BCUT2D eigenvalue weighted by Gasteiger charge is 2.15. The van der Waals surface area contributed by atoms with Crippen LogP contribution in [0.1, 0.15) is 11.9 Å². The van der Waals surface area contributed by atoms with E-state index in [1.54, 1.807) is 18.3 Å². The fraction of sp³-hybridized carbons (Fsp3) is 0.333. The minimum Gasteiger partial charge on any atom is -0.465 e. The van der Waals surface area contributed by atoms with Gasteiger partial charge in [0.15, 0.2) is 5.92 Å². The highest BCUT2D eigenvalue weighted by Crippen LogP contribution is 2.21. The average Bonchev–Trinajstić information content (AvgIpc) is 2.90. The molecule has 1 aromatic carbocycles. The number of thiazole rings is 1. The summed E-state index contributed by atoms with van der Waals surface area (Å²) in [5, 5.41) is 9.88. The van der Waals surface area contributed by atoms with Crippen molar-refractivity contribution in [2.24, 2.45) is 10.9 Å². The zero-order valence-corrected chi connectivity index (χ0v) is 12.5. The van der Waals surface area contributed by atoms with Crippen LogP contribution in [0.2, 0.25) is 0 Å². The van der Waals surface area contributed by atoms with Gasteiger partial charge in [-0.1, -0.05) is 12.1 Å². The molecule has 0 unspecified atom stereocenters. The van der Waals surface area contributed by atoms with Gasteiger partial charge in [-0.25, -0.2) is 4.98 Å². The third-order valence-electron chi connectivity index (χ3n) is 2.73. The van der Waals surface area contributed by atoms with Gasteiger partial charge in [-0.05, 0) is 19.1 Å². The van der Waals surface area contributed by atoms with Crippen LogP contribution in [0.15, 0.2) is 29.3 Å². The van der Waals surface area contributed by atoms with E-state index in [1.807, 2.05) is 30.3 Å². The van der Waals surface area contributed by atoms with Gasteiger partial charge in [-0.3, -0.25) is 9.79 Å². The summed E-state index contributed by atoms with van der Waals surface area (Å²) in [6.07, 6.45) is 2.04. The van der Waals surface area contributed by atoms with Crippen LogP contribution < -0.4 is 0 Å². The summed E-state index contributed by atoms with van der Waals surface area (Å²) in [5.74, 6) is -1.48. The quantitative estimate of drug-likeness (QED) is 0.607. The smallest absolute Gasteiger partial charge is 0.328 e. The van der Waals surface area contributed by atoms with E-state index in [9.17, 15) is 4.79 Å². The van der Waals surface area contributed by atoms with Crippen LogP contribution in [0.25, 0.3) is 10.2 Å². The number of carbonyl (C=O) groups is 1. The van der Waals surface area contributed by atoms with Gasteiger partial charge in [0.2, 0.25) is 0 Å². The molecule has 0 amide bonds. The number of hydrogen-bond acceptors (Lipinski definition) is 6. The van der Waals surface area contributed by atoms with Gasteiger partial charge < -0.3 is 4.74 Å². The lowest BCUT2D eigenvalue weighted by atomic mass is 10.2. The minimum atomic E-state index is -0.930. The van der Waals surface area contributed by atoms with Crippen LogP contribution in [-0.2, 0) is 16.0 Å². The molecule has 1 aromatic heterocycles. The molecule has 0 aliphatic carbocycles. The van der Waals surface area contributed by atoms with Gasteiger partial charge >= 0.3 is 5.97 Å². The number of nitrogens with zero attached hydrogens (tertiary/aromatic N) is 3. The lowest BCUT2D eigenvalue weighted by molar-refractivity contribution is -0.143. The number of rotatable bonds is 6. The summed E-state index contributed by atoms with van der Waals surface area (Å²) < 4.78 is 5.94. The van der Waals surface area contributed by atoms with E-state index >= 15 is 0 Å². The summed E-state index contributed by atoms with van der Waals surface area (Å²) in [6.45, 7) is 2.46. The van der Waals surface area contributed by atoms with E-state index in [-0.39, 0.29) is 6.61 Å². The fourth-order valence-corrected chi connectivity index (χ4v) is 2.70. The van der Waals surface area contributed by atoms with Crippen molar-refractivity contribution in [1.29, 1.82) is 5.26 Å². The number of para-hydroxylation sites is 1. The lowest BCUT2D eigenvalue weighted by Gasteiger charge is -2.02. The maximum Gasteiger partial charge on any atom is 0.328 e. The first-order chi connectivity index (χ1) is 10.2. The number of aromatic nitrogens is 1. The summed E-state index contributed by atoms with van der Waals surface area (Å²) in [6, 6.07) is 9.83. The summed E-state index contributed by atoms with van der Waals surface area (Å²) in [5.41, 5.74) is 0.989. The second-order valence-corrected chi connectivity index (χ2v) is 5.35. The highest BCUT2D eigenvalue weighted by atomic mass is 32.1. The Hall–Kier alpha value is -2.26. The van der Waals surface area contributed by atoms with Crippen LogP contribution >= 0.6 is 11.3 Å². The molecule has 1 atom stereocenters. The molecule has 6 heteroatoms. The molecule has 0 aliphatic rings. The average molecular weight is 301 g/mol. The van der Waals surface area contributed by atoms with E-state index < -0.39 is 11.9 Å². The first-order valence-electron chi connectivity index (χ1n) is 6.65. The zero-order chi connectivity index (χ0) is 15.1. The summed E-state index contributed by atoms with van der Waals surface area (Å²) in [7, 11) is 0. The van der Waals surface area contributed by atoms with Crippen molar-refractivity contribution in [3.63, 3.8) is 0 Å². The molecule has 108 valence electrons. The van der Waals surface area contributed by atoms with E-state index in [0.29, 0.717) is 13.0 Å². The number of nitriles is 1. The Morgan fingerprint density at radius 1 is 1.57 bits per heavy atom. The van der Waals surface area contributed by atoms with Crippen molar-refractivity contribution in [1.82, 2.24) is 4.98 Å². The number of ether oxygens (including phenoxy) is 1. The Bertz CT molecular complexity index is 655. The Balaban J connectivity index is 1.89. The molecule has 5 nitrogen and oxygen atoms in total. The van der Waals surface area contributed by atoms with E-state index in [0.717, 1.165) is 15.2 Å². The third kappa shape index (κ3) is 4.10. The van der Waals surface area contributed by atoms with Gasteiger partial charge in [0.05, 0.1) is 27.9 Å². The third-order valence-corrected chi connectivity index (χ3v) is 3.82. The second kappa shape index (κ2) is 7.50. The maximum absolute atomic E-state index is 11.4. The molecule has 0 bridgehead atoms. The largest absolute Gasteiger partial charge is 0.465 e. The first kappa shape index (κ1) is 15.1. The topological polar surface area (TPSA) is 75.3 Å². The summed E-state index contributed by atoms with van der Waals surface area (Å²) >= 11 is 1.63. The van der Waals surface area contributed by atoms with Crippen LogP contribution in [0, 0.1) is 17.2 Å². The van der Waals surface area contributed by atoms with Crippen molar-refractivity contribution in [2.45, 2.75) is 13.3 Å². The predicted octanol–water partition coefficient (Wildman–Crippen LogP) is 2.61. The summed E-state index contributed by atoms with van der Waals surface area (Å²) in [4.78, 5) is 20.0. The number of aliphatic imine (C=N–C) groups is 1. The fourth-order valence-electron chi connectivity index (χ4n) is 1.75. The lowest BCUT2D eigenvalue weighted by Crippen LogP contribution is -2.17. The normalized spacial score (nSPS) is 12.4. The van der Waals surface area contributed by atoms with Gasteiger partial charge in [-0.2, -0.15) is 5.26 Å². The SMILES string of the molecule is CCOC(=O)[C@@H](C#N)C=NCCc1nc2ccccc2s1. The Morgan fingerprint density at radius 2 is 2.38 bits per heavy atom. The molecule has 0 spiro atoms. The molecule has 0 saturated carbocycles. The molecule has 2 aromatic rings. The van der Waals surface area contributed by atoms with E-state index in [4.69, 9.17) is 10.00 Å². The van der Waals surface area contributed by atoms with Crippen LogP contribution in [0.5, 0.6) is 0 Å². The molecule has 1 heterocycles. The molecule has 0 aliphatic heterocycles.